The number of fused-ring (bicyclic) bond motifs is 1. The molecule has 2 heterocycles. The predicted octanol–water partition coefficient (Wildman–Crippen LogP) is 0.452. The van der Waals surface area contributed by atoms with Crippen molar-refractivity contribution >= 4 is 30.1 Å². The van der Waals surface area contributed by atoms with Crippen LogP contribution < -0.4 is 10.6 Å². The molecular weight excluding hydrogens is 306 g/mol. The van der Waals surface area contributed by atoms with Gasteiger partial charge < -0.3 is 10.6 Å². The smallest absolute Gasteiger partial charge is 0.240 e. The van der Waals surface area contributed by atoms with Crippen LogP contribution in [-0.4, -0.2) is 48.3 Å². The van der Waals surface area contributed by atoms with Crippen molar-refractivity contribution < 1.29 is 14.4 Å². The molecule has 1 saturated carbocycles. The number of nitrogens with one attached hydrogen (secondary N) is 2. The standard InChI is InChI=1S/C15H23N3O3.ClH/c19-13(17-10-5-7-16-8-6-10)9-18-14(20)11-3-1-2-4-12(11)15(18)21;/h10-12,16H,1-9H2,(H,17,19);1H. The molecule has 0 bridgehead atoms. The minimum atomic E-state index is -0.206. The average molecular weight is 330 g/mol. The molecule has 3 rings (SSSR count). The largest absolute Gasteiger partial charge is 0.352 e. The third kappa shape index (κ3) is 3.43. The first-order valence-electron chi connectivity index (χ1n) is 8.02. The Balaban J connectivity index is 0.00000176. The van der Waals surface area contributed by atoms with Crippen molar-refractivity contribution in [2.45, 2.75) is 44.6 Å². The highest BCUT2D eigenvalue weighted by atomic mass is 35.5. The lowest BCUT2D eigenvalue weighted by Gasteiger charge is -2.24. The molecule has 0 radical (unpaired) electrons. The van der Waals surface area contributed by atoms with E-state index in [1.807, 2.05) is 0 Å². The molecule has 0 aromatic rings. The van der Waals surface area contributed by atoms with Crippen molar-refractivity contribution in [3.8, 4) is 0 Å². The fraction of sp³-hybridized carbons (Fsp3) is 0.800. The van der Waals surface area contributed by atoms with Crippen molar-refractivity contribution in [2.24, 2.45) is 11.8 Å². The maximum absolute atomic E-state index is 12.3. The van der Waals surface area contributed by atoms with Gasteiger partial charge in [-0.2, -0.15) is 0 Å². The van der Waals surface area contributed by atoms with Crippen LogP contribution in [0.2, 0.25) is 0 Å². The Labute approximate surface area is 136 Å². The molecule has 22 heavy (non-hydrogen) atoms. The highest BCUT2D eigenvalue weighted by Crippen LogP contribution is 2.37. The van der Waals surface area contributed by atoms with Gasteiger partial charge in [-0.1, -0.05) is 12.8 Å². The van der Waals surface area contributed by atoms with Crippen LogP contribution in [0.15, 0.2) is 0 Å². The number of hydrogen-bond donors (Lipinski definition) is 2. The van der Waals surface area contributed by atoms with Gasteiger partial charge in [0.05, 0.1) is 11.8 Å². The third-order valence-corrected chi connectivity index (χ3v) is 4.94. The summed E-state index contributed by atoms with van der Waals surface area (Å²) >= 11 is 0. The minimum absolute atomic E-state index is 0. The number of rotatable bonds is 3. The van der Waals surface area contributed by atoms with Gasteiger partial charge in [0.2, 0.25) is 17.7 Å². The van der Waals surface area contributed by atoms with Crippen LogP contribution >= 0.6 is 12.4 Å². The molecule has 6 nitrogen and oxygen atoms in total. The van der Waals surface area contributed by atoms with Gasteiger partial charge in [-0.05, 0) is 38.8 Å². The van der Waals surface area contributed by atoms with Crippen molar-refractivity contribution in [3.63, 3.8) is 0 Å². The number of likely N-dealkylation sites (tertiary alicyclic amines) is 1. The summed E-state index contributed by atoms with van der Waals surface area (Å²) in [5, 5.41) is 6.18. The van der Waals surface area contributed by atoms with E-state index in [4.69, 9.17) is 0 Å². The van der Waals surface area contributed by atoms with Gasteiger partial charge in [-0.15, -0.1) is 12.4 Å². The molecule has 7 heteroatoms. The highest BCUT2D eigenvalue weighted by molar-refractivity contribution is 6.07. The summed E-state index contributed by atoms with van der Waals surface area (Å²) in [6.45, 7) is 1.70. The van der Waals surface area contributed by atoms with Crippen LogP contribution in [0.3, 0.4) is 0 Å². The molecular formula is C15H24ClN3O3. The van der Waals surface area contributed by atoms with Crippen molar-refractivity contribution in [3.05, 3.63) is 0 Å². The lowest BCUT2D eigenvalue weighted by atomic mass is 9.81. The van der Waals surface area contributed by atoms with E-state index in [1.165, 1.54) is 4.90 Å². The maximum Gasteiger partial charge on any atom is 0.240 e. The summed E-state index contributed by atoms with van der Waals surface area (Å²) in [5.41, 5.74) is 0. The predicted molar refractivity (Wildman–Crippen MR) is 83.5 cm³/mol. The fourth-order valence-corrected chi connectivity index (χ4v) is 3.77. The Kier molecular flexibility index (Phi) is 5.81. The van der Waals surface area contributed by atoms with Crippen LogP contribution in [0.1, 0.15) is 38.5 Å². The second-order valence-electron chi connectivity index (χ2n) is 6.35. The topological polar surface area (TPSA) is 78.5 Å². The van der Waals surface area contributed by atoms with Crippen LogP contribution in [0.4, 0.5) is 0 Å². The molecule has 2 unspecified atom stereocenters. The quantitative estimate of drug-likeness (QED) is 0.737. The highest BCUT2D eigenvalue weighted by Gasteiger charge is 2.48. The molecule has 0 aromatic heterocycles. The first-order valence-corrected chi connectivity index (χ1v) is 8.02. The third-order valence-electron chi connectivity index (χ3n) is 4.94. The van der Waals surface area contributed by atoms with Gasteiger partial charge in [0.15, 0.2) is 0 Å². The number of hydrogen-bond acceptors (Lipinski definition) is 4. The first kappa shape index (κ1) is 17.2. The van der Waals surface area contributed by atoms with Gasteiger partial charge in [0.25, 0.3) is 0 Å². The van der Waals surface area contributed by atoms with E-state index in [0.29, 0.717) is 0 Å². The van der Waals surface area contributed by atoms with Crippen LogP contribution in [-0.2, 0) is 14.4 Å². The summed E-state index contributed by atoms with van der Waals surface area (Å²) in [6, 6.07) is 0.161. The van der Waals surface area contributed by atoms with E-state index < -0.39 is 0 Å². The van der Waals surface area contributed by atoms with Crippen LogP contribution in [0.5, 0.6) is 0 Å². The second-order valence-corrected chi connectivity index (χ2v) is 6.35. The lowest BCUT2D eigenvalue weighted by Crippen LogP contribution is -2.47. The number of piperidine rings is 1. The van der Waals surface area contributed by atoms with E-state index in [0.717, 1.165) is 51.6 Å². The number of carbonyl (C=O) groups excluding carboxylic acids is 3. The summed E-state index contributed by atoms with van der Waals surface area (Å²) in [5.74, 6) is -0.812. The molecule has 3 aliphatic rings. The number of imide groups is 1. The Morgan fingerprint density at radius 2 is 1.59 bits per heavy atom. The molecule has 1 aliphatic carbocycles. The second kappa shape index (κ2) is 7.42. The van der Waals surface area contributed by atoms with Gasteiger partial charge in [0.1, 0.15) is 6.54 Å². The molecule has 0 spiro atoms. The number of nitrogens with zero attached hydrogens (tertiary/aromatic N) is 1. The van der Waals surface area contributed by atoms with E-state index in [9.17, 15) is 14.4 Å². The normalized spacial score (nSPS) is 29.0. The minimum Gasteiger partial charge on any atom is -0.352 e. The number of halogens is 1. The Morgan fingerprint density at radius 1 is 1.05 bits per heavy atom. The Bertz CT molecular complexity index is 427. The maximum atomic E-state index is 12.3. The zero-order chi connectivity index (χ0) is 14.8. The molecule has 3 fully saturated rings. The van der Waals surface area contributed by atoms with E-state index in [-0.39, 0.29) is 54.6 Å². The molecule has 2 aliphatic heterocycles. The lowest BCUT2D eigenvalue weighted by molar-refractivity contribution is -0.143. The molecule has 2 atom stereocenters. The van der Waals surface area contributed by atoms with E-state index in [2.05, 4.69) is 10.6 Å². The molecule has 2 saturated heterocycles. The summed E-state index contributed by atoms with van der Waals surface area (Å²) in [4.78, 5) is 37.9. The molecule has 0 aromatic carbocycles. The Morgan fingerprint density at radius 3 is 2.14 bits per heavy atom. The average Bonchev–Trinajstić information content (AvgIpc) is 2.74. The van der Waals surface area contributed by atoms with E-state index in [1.54, 1.807) is 0 Å². The molecule has 2 N–H and O–H groups in total. The monoisotopic (exact) mass is 329 g/mol. The number of amides is 3. The Hall–Kier alpha value is -1.14. The van der Waals surface area contributed by atoms with Gasteiger partial charge in [-0.3, -0.25) is 19.3 Å². The fourth-order valence-electron chi connectivity index (χ4n) is 3.77. The van der Waals surface area contributed by atoms with E-state index >= 15 is 0 Å². The summed E-state index contributed by atoms with van der Waals surface area (Å²) in [6.07, 6.45) is 5.41. The van der Waals surface area contributed by atoms with Crippen molar-refractivity contribution in [1.82, 2.24) is 15.5 Å². The SMILES string of the molecule is Cl.O=C(CN1C(=O)C2CCCCC2C1=O)NC1CCNCC1. The first-order chi connectivity index (χ1) is 10.2. The zero-order valence-corrected chi connectivity index (χ0v) is 13.5. The summed E-state index contributed by atoms with van der Waals surface area (Å²) < 4.78 is 0. The van der Waals surface area contributed by atoms with Crippen molar-refractivity contribution in [2.75, 3.05) is 19.6 Å². The molecule has 124 valence electrons. The van der Waals surface area contributed by atoms with Gasteiger partial charge in [-0.25, -0.2) is 0 Å². The van der Waals surface area contributed by atoms with Gasteiger partial charge >= 0.3 is 0 Å². The molecule has 3 amide bonds. The van der Waals surface area contributed by atoms with Crippen molar-refractivity contribution in [1.29, 1.82) is 0 Å². The van der Waals surface area contributed by atoms with Crippen LogP contribution in [0, 0.1) is 11.8 Å². The van der Waals surface area contributed by atoms with Crippen LogP contribution in [0.25, 0.3) is 0 Å². The number of carbonyl (C=O) groups is 3. The summed E-state index contributed by atoms with van der Waals surface area (Å²) in [7, 11) is 0. The zero-order valence-electron chi connectivity index (χ0n) is 12.7. The van der Waals surface area contributed by atoms with Gasteiger partial charge in [0, 0.05) is 6.04 Å².